The van der Waals surface area contributed by atoms with Gasteiger partial charge in [0.25, 0.3) is 5.56 Å². The van der Waals surface area contributed by atoms with Crippen LogP contribution in [-0.4, -0.2) is 52.8 Å². The summed E-state index contributed by atoms with van der Waals surface area (Å²) in [4.78, 5) is 48.6. The fourth-order valence-electron chi connectivity index (χ4n) is 3.39. The lowest BCUT2D eigenvalue weighted by Gasteiger charge is -2.35. The van der Waals surface area contributed by atoms with E-state index in [-0.39, 0.29) is 23.1 Å². The molecule has 0 spiro atoms. The van der Waals surface area contributed by atoms with Crippen molar-refractivity contribution < 1.29 is 14.3 Å². The molecule has 0 saturated carbocycles. The predicted molar refractivity (Wildman–Crippen MR) is 97.2 cm³/mol. The van der Waals surface area contributed by atoms with E-state index in [1.54, 1.807) is 19.2 Å². The topological polar surface area (TPSA) is 110 Å². The number of methoxy groups -OCH3 is 1. The molecule has 2 aromatic heterocycles. The number of hydrogen-bond donors (Lipinski definition) is 1. The number of ether oxygens (including phenoxy) is 1. The average molecular weight is 370 g/mol. The number of aryl methyl sites for hydroxylation is 1. The number of rotatable bonds is 2. The monoisotopic (exact) mass is 370 g/mol. The third-order valence-electron chi connectivity index (χ3n) is 4.78. The number of carbonyl (C=O) groups is 2. The van der Waals surface area contributed by atoms with Gasteiger partial charge in [0.2, 0.25) is 0 Å². The van der Waals surface area contributed by atoms with E-state index in [2.05, 4.69) is 20.2 Å². The summed E-state index contributed by atoms with van der Waals surface area (Å²) in [5.74, 6) is -0.0125. The Kier molecular flexibility index (Phi) is 4.02. The molecule has 2 aromatic rings. The highest BCUT2D eigenvalue weighted by atomic mass is 16.5. The summed E-state index contributed by atoms with van der Waals surface area (Å²) in [6.45, 7) is 1.48. The van der Waals surface area contributed by atoms with Crippen molar-refractivity contribution in [2.24, 2.45) is 7.05 Å². The molecule has 2 aliphatic rings. The quantitative estimate of drug-likeness (QED) is 0.771. The van der Waals surface area contributed by atoms with E-state index in [1.165, 1.54) is 29.0 Å². The maximum Gasteiger partial charge on any atom is 0.356 e. The van der Waals surface area contributed by atoms with Gasteiger partial charge in [-0.05, 0) is 18.6 Å². The van der Waals surface area contributed by atoms with E-state index in [1.807, 2.05) is 0 Å². The SMILES string of the molecule is COC(=O)c1ccc2c(n1)N(C(=O)Nc1cc(=O)n(C)cn1)C1CCN2C1. The van der Waals surface area contributed by atoms with Crippen LogP contribution in [0.5, 0.6) is 0 Å². The summed E-state index contributed by atoms with van der Waals surface area (Å²) in [5, 5.41) is 2.65. The molecular weight excluding hydrogens is 352 g/mol. The Balaban J connectivity index is 1.70. The van der Waals surface area contributed by atoms with Crippen LogP contribution in [0.1, 0.15) is 16.9 Å². The smallest absolute Gasteiger partial charge is 0.356 e. The molecule has 0 aliphatic carbocycles. The van der Waals surface area contributed by atoms with Gasteiger partial charge in [-0.3, -0.25) is 15.0 Å². The second-order valence-corrected chi connectivity index (χ2v) is 6.44. The van der Waals surface area contributed by atoms with Crippen LogP contribution in [0.4, 0.5) is 22.1 Å². The van der Waals surface area contributed by atoms with E-state index in [0.717, 1.165) is 18.7 Å². The molecule has 1 fully saturated rings. The number of aromatic nitrogens is 3. The summed E-state index contributed by atoms with van der Waals surface area (Å²) < 4.78 is 6.04. The fourth-order valence-corrected chi connectivity index (χ4v) is 3.39. The number of anilines is 3. The van der Waals surface area contributed by atoms with Crippen molar-refractivity contribution in [2.75, 3.05) is 35.3 Å². The molecule has 4 heterocycles. The van der Waals surface area contributed by atoms with E-state index in [9.17, 15) is 14.4 Å². The molecule has 10 nitrogen and oxygen atoms in total. The fraction of sp³-hybridized carbons (Fsp3) is 0.353. The molecule has 10 heteroatoms. The molecule has 1 N–H and O–H groups in total. The van der Waals surface area contributed by atoms with Crippen LogP contribution in [0, 0.1) is 0 Å². The van der Waals surface area contributed by atoms with Crippen molar-refractivity contribution in [3.8, 4) is 0 Å². The molecule has 2 aliphatic heterocycles. The normalized spacial score (nSPS) is 17.5. The molecule has 2 amide bonds. The second kappa shape index (κ2) is 6.38. The molecule has 140 valence electrons. The zero-order valence-corrected chi connectivity index (χ0v) is 14.9. The van der Waals surface area contributed by atoms with E-state index in [0.29, 0.717) is 12.4 Å². The molecule has 1 atom stereocenters. The molecule has 0 radical (unpaired) electrons. The van der Waals surface area contributed by atoms with E-state index < -0.39 is 12.0 Å². The average Bonchev–Trinajstić information content (AvgIpc) is 3.08. The zero-order chi connectivity index (χ0) is 19.1. The van der Waals surface area contributed by atoms with Gasteiger partial charge in [-0.2, -0.15) is 0 Å². The first-order valence-corrected chi connectivity index (χ1v) is 8.45. The summed E-state index contributed by atoms with van der Waals surface area (Å²) in [7, 11) is 2.86. The van der Waals surface area contributed by atoms with Gasteiger partial charge in [-0.15, -0.1) is 0 Å². The lowest BCUT2D eigenvalue weighted by Crippen LogP contribution is -2.48. The summed E-state index contributed by atoms with van der Waals surface area (Å²) >= 11 is 0. The van der Waals surface area contributed by atoms with Crippen molar-refractivity contribution >= 4 is 29.3 Å². The molecule has 27 heavy (non-hydrogen) atoms. The van der Waals surface area contributed by atoms with Gasteiger partial charge >= 0.3 is 12.0 Å². The number of esters is 1. The minimum Gasteiger partial charge on any atom is -0.464 e. The van der Waals surface area contributed by atoms with Gasteiger partial charge in [-0.25, -0.2) is 19.6 Å². The molecule has 0 aromatic carbocycles. The van der Waals surface area contributed by atoms with Crippen LogP contribution in [0.3, 0.4) is 0 Å². The zero-order valence-electron chi connectivity index (χ0n) is 14.9. The lowest BCUT2D eigenvalue weighted by molar-refractivity contribution is 0.0594. The number of nitrogens with zero attached hydrogens (tertiary/aromatic N) is 5. The van der Waals surface area contributed by atoms with Gasteiger partial charge in [0.05, 0.1) is 25.2 Å². The standard InChI is InChI=1S/C17H18N6O4/c1-21-9-18-13(7-14(21)24)20-17(26)23-10-5-6-22(8-10)12-4-3-11(16(25)27-2)19-15(12)23/h3-4,7,9-10H,5-6,8H2,1-2H3,(H,20,26). The van der Waals surface area contributed by atoms with Crippen molar-refractivity contribution in [1.82, 2.24) is 14.5 Å². The highest BCUT2D eigenvalue weighted by Crippen LogP contribution is 2.39. The Morgan fingerprint density at radius 2 is 2.15 bits per heavy atom. The Morgan fingerprint density at radius 3 is 2.89 bits per heavy atom. The summed E-state index contributed by atoms with van der Waals surface area (Å²) in [6.07, 6.45) is 2.12. The van der Waals surface area contributed by atoms with E-state index in [4.69, 9.17) is 4.74 Å². The van der Waals surface area contributed by atoms with Crippen molar-refractivity contribution in [3.63, 3.8) is 0 Å². The van der Waals surface area contributed by atoms with Gasteiger partial charge in [0, 0.05) is 26.2 Å². The number of urea groups is 1. The second-order valence-electron chi connectivity index (χ2n) is 6.44. The number of hydrogen-bond acceptors (Lipinski definition) is 7. The first kappa shape index (κ1) is 17.0. The van der Waals surface area contributed by atoms with Gasteiger partial charge in [-0.1, -0.05) is 0 Å². The number of pyridine rings is 1. The van der Waals surface area contributed by atoms with Crippen molar-refractivity contribution in [1.29, 1.82) is 0 Å². The molecule has 4 rings (SSSR count). The lowest BCUT2D eigenvalue weighted by atomic mass is 10.2. The number of fused-ring (bicyclic) bond motifs is 4. The largest absolute Gasteiger partial charge is 0.464 e. The highest BCUT2D eigenvalue weighted by molar-refractivity contribution is 6.04. The Hall–Kier alpha value is -3.43. The molecular formula is C17H18N6O4. The van der Waals surface area contributed by atoms with Crippen LogP contribution in [0.2, 0.25) is 0 Å². The van der Waals surface area contributed by atoms with Crippen molar-refractivity contribution in [2.45, 2.75) is 12.5 Å². The maximum absolute atomic E-state index is 13.0. The van der Waals surface area contributed by atoms with Crippen LogP contribution < -0.4 is 20.7 Å². The Labute approximate surface area is 154 Å². The number of amides is 2. The molecule has 1 unspecified atom stereocenters. The van der Waals surface area contributed by atoms with Crippen LogP contribution in [0.15, 0.2) is 29.3 Å². The Bertz CT molecular complexity index is 988. The maximum atomic E-state index is 13.0. The van der Waals surface area contributed by atoms with Gasteiger partial charge in [0.1, 0.15) is 5.82 Å². The van der Waals surface area contributed by atoms with E-state index >= 15 is 0 Å². The third kappa shape index (κ3) is 2.88. The van der Waals surface area contributed by atoms with Gasteiger partial charge in [0.15, 0.2) is 11.5 Å². The first-order chi connectivity index (χ1) is 13.0. The van der Waals surface area contributed by atoms with Crippen LogP contribution in [-0.2, 0) is 11.8 Å². The number of nitrogens with one attached hydrogen (secondary N) is 1. The molecule has 2 bridgehead atoms. The van der Waals surface area contributed by atoms with Crippen LogP contribution in [0.25, 0.3) is 0 Å². The Morgan fingerprint density at radius 1 is 1.33 bits per heavy atom. The summed E-state index contributed by atoms with van der Waals surface area (Å²) in [6, 6.07) is 4.08. The predicted octanol–water partition coefficient (Wildman–Crippen LogP) is 0.593. The summed E-state index contributed by atoms with van der Waals surface area (Å²) in [5.41, 5.74) is 0.629. The van der Waals surface area contributed by atoms with Crippen molar-refractivity contribution in [3.05, 3.63) is 40.6 Å². The first-order valence-electron chi connectivity index (χ1n) is 8.45. The minimum atomic E-state index is -0.570. The van der Waals surface area contributed by atoms with Crippen LogP contribution >= 0.6 is 0 Å². The third-order valence-corrected chi connectivity index (χ3v) is 4.78. The number of carbonyl (C=O) groups excluding carboxylic acids is 2. The highest BCUT2D eigenvalue weighted by Gasteiger charge is 2.40. The van der Waals surface area contributed by atoms with Gasteiger partial charge < -0.3 is 14.2 Å². The molecule has 1 saturated heterocycles. The minimum absolute atomic E-state index is 0.0792.